The van der Waals surface area contributed by atoms with Crippen LogP contribution < -0.4 is 0 Å². The molecule has 2 aromatic rings. The number of aromatic nitrogens is 1. The van der Waals surface area contributed by atoms with E-state index in [2.05, 4.69) is 25.8 Å². The Kier molecular flexibility index (Phi) is 2.06. The molecule has 0 saturated heterocycles. The van der Waals surface area contributed by atoms with Crippen molar-refractivity contribution in [1.29, 1.82) is 0 Å². The third-order valence-electron chi connectivity index (χ3n) is 2.08. The Morgan fingerprint density at radius 2 is 2.00 bits per heavy atom. The predicted octanol–water partition coefficient (Wildman–Crippen LogP) is 3.42. The third kappa shape index (κ3) is 1.95. The van der Waals surface area contributed by atoms with E-state index in [1.165, 1.54) is 0 Å². The second-order valence-electron chi connectivity index (χ2n) is 4.84. The van der Waals surface area contributed by atoms with E-state index in [1.54, 1.807) is 6.26 Å². The summed E-state index contributed by atoms with van der Waals surface area (Å²) in [6.07, 6.45) is 2.67. The van der Waals surface area contributed by atoms with Crippen LogP contribution in [0.2, 0.25) is 0 Å². The molecule has 2 heteroatoms. The smallest absolute Gasteiger partial charge is 0.152 e. The van der Waals surface area contributed by atoms with Gasteiger partial charge in [0.2, 0.25) is 0 Å². The molecule has 0 saturated carbocycles. The van der Waals surface area contributed by atoms with Gasteiger partial charge >= 0.3 is 0 Å². The first-order valence-corrected chi connectivity index (χ1v) is 4.88. The van der Waals surface area contributed by atoms with Gasteiger partial charge in [-0.15, -0.1) is 0 Å². The van der Waals surface area contributed by atoms with Crippen LogP contribution in [0.5, 0.6) is 0 Å². The highest BCUT2D eigenvalue weighted by atomic mass is 16.3. The molecular weight excluding hydrogens is 174 g/mol. The molecule has 0 spiro atoms. The molecule has 2 nitrogen and oxygen atoms in total. The molecule has 0 amide bonds. The highest BCUT2D eigenvalue weighted by Crippen LogP contribution is 2.21. The van der Waals surface area contributed by atoms with Gasteiger partial charge in [0.25, 0.3) is 0 Å². The maximum Gasteiger partial charge on any atom is 0.152 e. The first-order chi connectivity index (χ1) is 6.54. The highest BCUT2D eigenvalue weighted by Gasteiger charge is 2.12. The van der Waals surface area contributed by atoms with Crippen LogP contribution in [-0.4, -0.2) is 4.98 Å². The van der Waals surface area contributed by atoms with Crippen molar-refractivity contribution in [3.63, 3.8) is 0 Å². The number of nitrogens with zero attached hydrogens (tertiary/aromatic N) is 1. The molecule has 0 radical (unpaired) electrons. The van der Waals surface area contributed by atoms with Gasteiger partial charge < -0.3 is 4.42 Å². The van der Waals surface area contributed by atoms with Crippen molar-refractivity contribution in [2.75, 3.05) is 0 Å². The van der Waals surface area contributed by atoms with Gasteiger partial charge in [0.05, 0.1) is 6.26 Å². The Bertz CT molecular complexity index is 437. The molecule has 2 aromatic heterocycles. The van der Waals surface area contributed by atoms with Gasteiger partial charge in [-0.3, -0.25) is 0 Å². The average Bonchev–Trinajstić information content (AvgIpc) is 2.47. The molecule has 0 aliphatic rings. The Balaban J connectivity index is 2.35. The molecule has 0 aliphatic heterocycles. The zero-order chi connectivity index (χ0) is 10.2. The van der Waals surface area contributed by atoms with Crippen LogP contribution in [0.1, 0.15) is 26.5 Å². The Morgan fingerprint density at radius 1 is 1.21 bits per heavy atom. The number of hydrogen-bond donors (Lipinski definition) is 0. The fourth-order valence-corrected chi connectivity index (χ4v) is 1.54. The summed E-state index contributed by atoms with van der Waals surface area (Å²) in [6, 6.07) is 5.93. The Morgan fingerprint density at radius 3 is 2.71 bits per heavy atom. The van der Waals surface area contributed by atoms with Crippen molar-refractivity contribution >= 4 is 11.1 Å². The molecule has 0 atom stereocenters. The monoisotopic (exact) mass is 189 g/mol. The highest BCUT2D eigenvalue weighted by molar-refractivity contribution is 5.72. The van der Waals surface area contributed by atoms with Crippen LogP contribution in [-0.2, 0) is 6.42 Å². The molecule has 2 heterocycles. The van der Waals surface area contributed by atoms with Crippen LogP contribution in [0.4, 0.5) is 0 Å². The van der Waals surface area contributed by atoms with Crippen molar-refractivity contribution in [2.24, 2.45) is 5.41 Å². The normalized spacial score (nSPS) is 12.2. The standard InChI is InChI=1S/C12H15NO/c1-12(2,3)8-9-4-5-11-10(13-9)6-7-14-11/h4-7H,8H2,1-3H3. The number of furan rings is 1. The minimum Gasteiger partial charge on any atom is -0.463 e. The predicted molar refractivity (Wildman–Crippen MR) is 57.2 cm³/mol. The lowest BCUT2D eigenvalue weighted by atomic mass is 9.90. The Hall–Kier alpha value is -1.31. The second kappa shape index (κ2) is 3.12. The lowest BCUT2D eigenvalue weighted by Gasteiger charge is -2.16. The second-order valence-corrected chi connectivity index (χ2v) is 4.84. The Labute approximate surface area is 84.0 Å². The van der Waals surface area contributed by atoms with Gasteiger partial charge in [-0.05, 0) is 24.0 Å². The number of pyridine rings is 1. The van der Waals surface area contributed by atoms with Crippen molar-refractivity contribution in [3.8, 4) is 0 Å². The summed E-state index contributed by atoms with van der Waals surface area (Å²) < 4.78 is 5.24. The van der Waals surface area contributed by atoms with E-state index >= 15 is 0 Å². The van der Waals surface area contributed by atoms with E-state index in [9.17, 15) is 0 Å². The molecule has 14 heavy (non-hydrogen) atoms. The van der Waals surface area contributed by atoms with E-state index in [4.69, 9.17) is 4.42 Å². The van der Waals surface area contributed by atoms with E-state index < -0.39 is 0 Å². The molecule has 2 rings (SSSR count). The minimum absolute atomic E-state index is 0.282. The van der Waals surface area contributed by atoms with Gasteiger partial charge in [-0.25, -0.2) is 4.98 Å². The van der Waals surface area contributed by atoms with Gasteiger partial charge in [0.1, 0.15) is 5.52 Å². The van der Waals surface area contributed by atoms with Gasteiger partial charge in [-0.2, -0.15) is 0 Å². The molecule has 74 valence electrons. The van der Waals surface area contributed by atoms with Crippen molar-refractivity contribution in [2.45, 2.75) is 27.2 Å². The summed E-state index contributed by atoms with van der Waals surface area (Å²) in [5.41, 5.74) is 3.23. The SMILES string of the molecule is CC(C)(C)Cc1ccc2occc2n1. The van der Waals surface area contributed by atoms with Crippen LogP contribution in [0.25, 0.3) is 11.1 Å². The molecule has 0 bridgehead atoms. The number of hydrogen-bond acceptors (Lipinski definition) is 2. The fraction of sp³-hybridized carbons (Fsp3) is 0.417. The summed E-state index contributed by atoms with van der Waals surface area (Å²) in [5, 5.41) is 0. The van der Waals surface area contributed by atoms with Crippen LogP contribution >= 0.6 is 0 Å². The first kappa shape index (κ1) is 9.25. The largest absolute Gasteiger partial charge is 0.463 e. The van der Waals surface area contributed by atoms with Crippen LogP contribution in [0, 0.1) is 5.41 Å². The van der Waals surface area contributed by atoms with E-state index in [0.29, 0.717) is 0 Å². The molecule has 0 N–H and O–H groups in total. The lowest BCUT2D eigenvalue weighted by molar-refractivity contribution is 0.407. The fourth-order valence-electron chi connectivity index (χ4n) is 1.54. The molecule has 0 aliphatic carbocycles. The summed E-state index contributed by atoms with van der Waals surface area (Å²) >= 11 is 0. The summed E-state index contributed by atoms with van der Waals surface area (Å²) in [5.74, 6) is 0. The minimum atomic E-state index is 0.282. The van der Waals surface area contributed by atoms with Crippen molar-refractivity contribution in [3.05, 3.63) is 30.2 Å². The molecular formula is C12H15NO. The van der Waals surface area contributed by atoms with Crippen molar-refractivity contribution in [1.82, 2.24) is 4.98 Å². The quantitative estimate of drug-likeness (QED) is 0.687. The molecule has 0 aromatic carbocycles. The maximum atomic E-state index is 5.24. The van der Waals surface area contributed by atoms with E-state index in [0.717, 1.165) is 23.2 Å². The van der Waals surface area contributed by atoms with E-state index in [1.807, 2.05) is 18.2 Å². The summed E-state index contributed by atoms with van der Waals surface area (Å²) in [6.45, 7) is 6.65. The maximum absolute atomic E-state index is 5.24. The third-order valence-corrected chi connectivity index (χ3v) is 2.08. The number of rotatable bonds is 1. The van der Waals surface area contributed by atoms with E-state index in [-0.39, 0.29) is 5.41 Å². The summed E-state index contributed by atoms with van der Waals surface area (Å²) in [7, 11) is 0. The van der Waals surface area contributed by atoms with Crippen LogP contribution in [0.3, 0.4) is 0 Å². The van der Waals surface area contributed by atoms with Crippen LogP contribution in [0.15, 0.2) is 28.9 Å². The van der Waals surface area contributed by atoms with Gasteiger partial charge in [-0.1, -0.05) is 20.8 Å². The van der Waals surface area contributed by atoms with Gasteiger partial charge in [0.15, 0.2) is 5.58 Å². The topological polar surface area (TPSA) is 26.0 Å². The van der Waals surface area contributed by atoms with Gasteiger partial charge in [0, 0.05) is 11.8 Å². The lowest BCUT2D eigenvalue weighted by Crippen LogP contribution is -2.10. The van der Waals surface area contributed by atoms with Crippen molar-refractivity contribution < 1.29 is 4.42 Å². The summed E-state index contributed by atoms with van der Waals surface area (Å²) in [4.78, 5) is 4.53. The first-order valence-electron chi connectivity index (χ1n) is 4.88. The average molecular weight is 189 g/mol. The molecule has 0 unspecified atom stereocenters. The zero-order valence-electron chi connectivity index (χ0n) is 8.87. The zero-order valence-corrected chi connectivity index (χ0v) is 8.87. The number of fused-ring (bicyclic) bond motifs is 1. The molecule has 0 fully saturated rings.